The third-order valence-electron chi connectivity index (χ3n) is 5.01. The van der Waals surface area contributed by atoms with Crippen LogP contribution in [0, 0.1) is 0 Å². The van der Waals surface area contributed by atoms with E-state index < -0.39 is 6.89 Å². The monoisotopic (exact) mass is 410 g/mol. The molecular weight excluding hydrogens is 387 g/mol. The van der Waals surface area contributed by atoms with E-state index in [-0.39, 0.29) is 12.6 Å². The lowest BCUT2D eigenvalue weighted by atomic mass is 10.2. The Bertz CT molecular complexity index is 1040. The van der Waals surface area contributed by atoms with E-state index in [0.717, 1.165) is 21.5 Å². The summed E-state index contributed by atoms with van der Waals surface area (Å²) >= 11 is 0. The average molecular weight is 410 g/mol. The Labute approximate surface area is 177 Å². The highest BCUT2D eigenvalue weighted by Crippen LogP contribution is 2.43. The van der Waals surface area contributed by atoms with Gasteiger partial charge in [0.1, 0.15) is 6.61 Å². The van der Waals surface area contributed by atoms with Gasteiger partial charge in [-0.3, -0.25) is 0 Å². The van der Waals surface area contributed by atoms with E-state index in [9.17, 15) is 4.79 Å². The highest BCUT2D eigenvalue weighted by atomic mass is 31.2. The fourth-order valence-electron chi connectivity index (χ4n) is 3.58. The van der Waals surface area contributed by atoms with Crippen LogP contribution in [0.3, 0.4) is 0 Å². The molecule has 0 radical (unpaired) electrons. The molecule has 0 saturated carbocycles. The predicted octanol–water partition coefficient (Wildman–Crippen LogP) is 4.53. The van der Waals surface area contributed by atoms with Crippen molar-refractivity contribution in [2.45, 2.75) is 6.61 Å². The van der Waals surface area contributed by atoms with Gasteiger partial charge in [-0.1, -0.05) is 121 Å². The molecule has 2 nitrogen and oxygen atoms in total. The van der Waals surface area contributed by atoms with Gasteiger partial charge < -0.3 is 4.74 Å². The maximum Gasteiger partial charge on any atom is 0.332 e. The molecule has 0 bridgehead atoms. The molecule has 3 heteroatoms. The van der Waals surface area contributed by atoms with Crippen LogP contribution in [0.1, 0.15) is 5.56 Å². The smallest absolute Gasteiger partial charge is 0.332 e. The summed E-state index contributed by atoms with van der Waals surface area (Å²) in [6.45, 7) is -2.07. The Balaban J connectivity index is 1.86. The van der Waals surface area contributed by atoms with Crippen LogP contribution < -0.4 is 15.9 Å². The van der Waals surface area contributed by atoms with Gasteiger partial charge in [-0.05, 0) is 28.4 Å². The van der Waals surface area contributed by atoms with Crippen molar-refractivity contribution in [3.05, 3.63) is 127 Å². The highest BCUT2D eigenvalue weighted by Gasteiger charge is 2.26. The fourth-order valence-corrected chi connectivity index (χ4v) is 7.24. The van der Waals surface area contributed by atoms with E-state index in [1.54, 1.807) is 0 Å². The Morgan fingerprint density at radius 2 is 0.967 bits per heavy atom. The molecule has 0 atom stereocenters. The first-order valence-electron chi connectivity index (χ1n) is 9.91. The van der Waals surface area contributed by atoms with Crippen molar-refractivity contribution >= 4 is 34.6 Å². The molecule has 0 heterocycles. The quantitative estimate of drug-likeness (QED) is 0.345. The van der Waals surface area contributed by atoms with Crippen LogP contribution in [0.2, 0.25) is 0 Å². The van der Waals surface area contributed by atoms with Gasteiger partial charge in [0, 0.05) is 5.80 Å². The molecule has 0 aromatic heterocycles. The van der Waals surface area contributed by atoms with E-state index >= 15 is 0 Å². The summed E-state index contributed by atoms with van der Waals surface area (Å²) in [6.07, 6.45) is 0. The van der Waals surface area contributed by atoms with Crippen molar-refractivity contribution in [2.75, 3.05) is 0 Å². The molecule has 4 rings (SSSR count). The molecule has 0 fully saturated rings. The second-order valence-electron chi connectivity index (χ2n) is 6.95. The summed E-state index contributed by atoms with van der Waals surface area (Å²) in [5, 5.41) is 3.37. The number of hydrogen-bond acceptors (Lipinski definition) is 2. The van der Waals surface area contributed by atoms with Gasteiger partial charge in [0.25, 0.3) is 0 Å². The Kier molecular flexibility index (Phi) is 6.27. The minimum Gasteiger partial charge on any atom is -0.458 e. The maximum absolute atomic E-state index is 13.1. The third-order valence-corrected chi connectivity index (χ3v) is 8.95. The summed E-state index contributed by atoms with van der Waals surface area (Å²) < 4.78 is 5.68. The van der Waals surface area contributed by atoms with Crippen molar-refractivity contribution in [3.8, 4) is 0 Å². The number of esters is 1. The molecule has 0 aliphatic carbocycles. The SMILES string of the molecule is O=C(C=P(c1ccccc1)(c1ccccc1)c1ccccc1)OCc1ccccc1. The zero-order valence-electron chi connectivity index (χ0n) is 16.6. The van der Waals surface area contributed by atoms with Gasteiger partial charge in [0.15, 0.2) is 0 Å². The lowest BCUT2D eigenvalue weighted by molar-refractivity contribution is -0.136. The van der Waals surface area contributed by atoms with Gasteiger partial charge >= 0.3 is 5.97 Å². The Morgan fingerprint density at radius 1 is 0.600 bits per heavy atom. The van der Waals surface area contributed by atoms with Crippen molar-refractivity contribution in [2.24, 2.45) is 0 Å². The molecule has 0 spiro atoms. The molecule has 30 heavy (non-hydrogen) atoms. The van der Waals surface area contributed by atoms with Crippen LogP contribution in [0.5, 0.6) is 0 Å². The number of carbonyl (C=O) groups is 1. The van der Waals surface area contributed by atoms with Crippen LogP contribution in [-0.2, 0) is 16.1 Å². The second kappa shape index (κ2) is 9.43. The van der Waals surface area contributed by atoms with E-state index in [0.29, 0.717) is 0 Å². The number of rotatable bonds is 6. The first kappa shape index (κ1) is 19.9. The number of carbonyl (C=O) groups excluding carboxylic acids is 1. The van der Waals surface area contributed by atoms with Gasteiger partial charge in [-0.2, -0.15) is 0 Å². The molecule has 0 amide bonds. The van der Waals surface area contributed by atoms with Crippen molar-refractivity contribution in [3.63, 3.8) is 0 Å². The molecule has 0 aliphatic heterocycles. The summed E-state index contributed by atoms with van der Waals surface area (Å²) in [5.41, 5.74) is 0.974. The lowest BCUT2D eigenvalue weighted by Gasteiger charge is -2.28. The Hall–Kier alpha value is -3.35. The number of ether oxygens (including phenoxy) is 1. The highest BCUT2D eigenvalue weighted by molar-refractivity contribution is 7.95. The third kappa shape index (κ3) is 4.30. The number of hydrogen-bond donors (Lipinski definition) is 0. The van der Waals surface area contributed by atoms with Crippen LogP contribution in [0.15, 0.2) is 121 Å². The summed E-state index contributed by atoms with van der Waals surface area (Å²) in [7, 11) is 0. The van der Waals surface area contributed by atoms with Crippen LogP contribution >= 0.6 is 6.89 Å². The second-order valence-corrected chi connectivity index (χ2v) is 10.2. The average Bonchev–Trinajstić information content (AvgIpc) is 2.83. The molecule has 148 valence electrons. The van der Waals surface area contributed by atoms with E-state index in [4.69, 9.17) is 4.74 Å². The van der Waals surface area contributed by atoms with Crippen LogP contribution in [0.25, 0.3) is 0 Å². The van der Waals surface area contributed by atoms with Crippen molar-refractivity contribution in [1.82, 2.24) is 0 Å². The van der Waals surface area contributed by atoms with Crippen LogP contribution in [-0.4, -0.2) is 11.8 Å². The topological polar surface area (TPSA) is 26.3 Å². The van der Waals surface area contributed by atoms with E-state index in [1.165, 1.54) is 0 Å². The maximum atomic E-state index is 13.1. The van der Waals surface area contributed by atoms with Gasteiger partial charge in [0.2, 0.25) is 0 Å². The first-order chi connectivity index (χ1) is 14.8. The van der Waals surface area contributed by atoms with E-state index in [2.05, 4.69) is 36.4 Å². The zero-order valence-corrected chi connectivity index (χ0v) is 17.5. The molecule has 0 aliphatic rings. The summed E-state index contributed by atoms with van der Waals surface area (Å²) in [6, 6.07) is 40.6. The van der Waals surface area contributed by atoms with E-state index in [1.807, 2.05) is 90.7 Å². The lowest BCUT2D eigenvalue weighted by Crippen LogP contribution is -2.29. The van der Waals surface area contributed by atoms with Crippen molar-refractivity contribution < 1.29 is 9.53 Å². The normalized spacial score (nSPS) is 10.9. The minimum absolute atomic E-state index is 0.258. The molecule has 4 aromatic rings. The molecule has 0 N–H and O–H groups in total. The fraction of sp³-hybridized carbons (Fsp3) is 0.0370. The Morgan fingerprint density at radius 3 is 1.37 bits per heavy atom. The predicted molar refractivity (Wildman–Crippen MR) is 127 cm³/mol. The summed E-state index contributed by atoms with van der Waals surface area (Å²) in [5.74, 6) is 1.51. The minimum atomic E-state index is -2.33. The van der Waals surface area contributed by atoms with Crippen LogP contribution in [0.4, 0.5) is 0 Å². The summed E-state index contributed by atoms with van der Waals surface area (Å²) in [4.78, 5) is 13.1. The largest absolute Gasteiger partial charge is 0.458 e. The molecule has 0 saturated heterocycles. The molecule has 0 unspecified atom stereocenters. The molecule has 4 aromatic carbocycles. The number of benzene rings is 4. The zero-order chi connectivity index (χ0) is 20.7. The first-order valence-corrected chi connectivity index (χ1v) is 11.8. The standard InChI is InChI=1S/C27H23O2P/c28-27(29-21-23-13-5-1-6-14-23)22-30(24-15-7-2-8-16-24,25-17-9-3-10-18-25)26-19-11-4-12-20-26/h1-20,22H,21H2. The van der Waals surface area contributed by atoms with Gasteiger partial charge in [-0.25, -0.2) is 4.79 Å². The van der Waals surface area contributed by atoms with Gasteiger partial charge in [0.05, 0.1) is 0 Å². The van der Waals surface area contributed by atoms with Gasteiger partial charge in [-0.15, -0.1) is 0 Å². The van der Waals surface area contributed by atoms with Crippen molar-refractivity contribution in [1.29, 1.82) is 0 Å². The molecular formula is C27H23O2P.